The van der Waals surface area contributed by atoms with E-state index in [2.05, 4.69) is 0 Å². The van der Waals surface area contributed by atoms with Crippen LogP contribution in [-0.2, 0) is 14.3 Å². The Hall–Kier alpha value is -0.860. The number of ether oxygens (including phenoxy) is 1. The van der Waals surface area contributed by atoms with Gasteiger partial charge >= 0.3 is 5.97 Å². The van der Waals surface area contributed by atoms with Crippen LogP contribution in [-0.4, -0.2) is 17.4 Å². The zero-order chi connectivity index (χ0) is 12.3. The van der Waals surface area contributed by atoms with E-state index >= 15 is 0 Å². The predicted molar refractivity (Wildman–Crippen MR) is 59.5 cm³/mol. The summed E-state index contributed by atoms with van der Waals surface area (Å²) in [5.74, 6) is -0.214. The van der Waals surface area contributed by atoms with Crippen LogP contribution in [0.25, 0.3) is 0 Å². The van der Waals surface area contributed by atoms with Crippen LogP contribution in [0.15, 0.2) is 0 Å². The summed E-state index contributed by atoms with van der Waals surface area (Å²) in [6.07, 6.45) is 0.436. The largest absolute Gasteiger partial charge is 0.460 e. The van der Waals surface area contributed by atoms with Crippen LogP contribution in [0.4, 0.5) is 0 Å². The fourth-order valence-corrected chi connectivity index (χ4v) is 0.983. The van der Waals surface area contributed by atoms with E-state index in [0.29, 0.717) is 0 Å². The summed E-state index contributed by atoms with van der Waals surface area (Å²) in [6, 6.07) is 0. The first kappa shape index (κ1) is 14.1. The smallest absolute Gasteiger partial charge is 0.306 e. The maximum absolute atomic E-state index is 11.5. The van der Waals surface area contributed by atoms with Gasteiger partial charge in [-0.3, -0.25) is 9.59 Å². The van der Waals surface area contributed by atoms with E-state index < -0.39 is 5.60 Å². The SMILES string of the molecule is CC(C)(C)OC(=O)CCC(=O)C(C)(C)C. The van der Waals surface area contributed by atoms with Gasteiger partial charge in [0, 0.05) is 11.8 Å². The highest BCUT2D eigenvalue weighted by molar-refractivity contribution is 5.86. The Balaban J connectivity index is 3.98. The summed E-state index contributed by atoms with van der Waals surface area (Å²) in [5.41, 5.74) is -0.843. The molecule has 0 N–H and O–H groups in total. The van der Waals surface area contributed by atoms with Crippen LogP contribution in [0, 0.1) is 5.41 Å². The van der Waals surface area contributed by atoms with Crippen LogP contribution in [0.2, 0.25) is 0 Å². The van der Waals surface area contributed by atoms with Gasteiger partial charge in [0.2, 0.25) is 0 Å². The lowest BCUT2D eigenvalue weighted by Gasteiger charge is -2.20. The highest BCUT2D eigenvalue weighted by Gasteiger charge is 2.23. The van der Waals surface area contributed by atoms with Gasteiger partial charge in [-0.15, -0.1) is 0 Å². The lowest BCUT2D eigenvalue weighted by atomic mass is 9.88. The molecule has 0 aromatic rings. The first-order valence-corrected chi connectivity index (χ1v) is 5.27. The summed E-state index contributed by atoms with van der Waals surface area (Å²) in [4.78, 5) is 22.8. The Morgan fingerprint density at radius 2 is 1.40 bits per heavy atom. The van der Waals surface area contributed by atoms with Crippen LogP contribution in [0.1, 0.15) is 54.4 Å². The van der Waals surface area contributed by atoms with E-state index in [9.17, 15) is 9.59 Å². The first-order chi connectivity index (χ1) is 6.52. The van der Waals surface area contributed by atoms with Crippen molar-refractivity contribution in [1.29, 1.82) is 0 Å². The van der Waals surface area contributed by atoms with Crippen molar-refractivity contribution < 1.29 is 14.3 Å². The number of carbonyl (C=O) groups excluding carboxylic acids is 2. The van der Waals surface area contributed by atoms with Gasteiger partial charge in [-0.05, 0) is 20.8 Å². The van der Waals surface area contributed by atoms with Crippen LogP contribution < -0.4 is 0 Å². The number of ketones is 1. The molecule has 0 fully saturated rings. The molecule has 3 heteroatoms. The average Bonchev–Trinajstić information content (AvgIpc) is 1.94. The second-order valence-corrected chi connectivity index (χ2v) is 5.76. The number of rotatable bonds is 3. The molecule has 0 aliphatic heterocycles. The van der Waals surface area contributed by atoms with Crippen molar-refractivity contribution in [2.45, 2.75) is 60.0 Å². The van der Waals surface area contributed by atoms with Gasteiger partial charge in [-0.25, -0.2) is 0 Å². The normalized spacial score (nSPS) is 12.4. The Morgan fingerprint density at radius 1 is 0.933 bits per heavy atom. The van der Waals surface area contributed by atoms with Crippen molar-refractivity contribution in [3.05, 3.63) is 0 Å². The highest BCUT2D eigenvalue weighted by atomic mass is 16.6. The van der Waals surface area contributed by atoms with Gasteiger partial charge in [0.15, 0.2) is 0 Å². The molecule has 0 amide bonds. The lowest BCUT2D eigenvalue weighted by Crippen LogP contribution is -2.26. The molecule has 0 spiro atoms. The van der Waals surface area contributed by atoms with Crippen LogP contribution in [0.3, 0.4) is 0 Å². The molecular weight excluding hydrogens is 192 g/mol. The van der Waals surface area contributed by atoms with E-state index in [0.717, 1.165) is 0 Å². The number of hydrogen-bond acceptors (Lipinski definition) is 3. The van der Waals surface area contributed by atoms with Crippen molar-refractivity contribution in [3.63, 3.8) is 0 Å². The molecule has 0 aromatic heterocycles. The Kier molecular flexibility index (Phi) is 4.50. The molecule has 0 heterocycles. The molecule has 0 radical (unpaired) electrons. The highest BCUT2D eigenvalue weighted by Crippen LogP contribution is 2.18. The van der Waals surface area contributed by atoms with Crippen molar-refractivity contribution in [2.75, 3.05) is 0 Å². The first-order valence-electron chi connectivity index (χ1n) is 5.27. The maximum Gasteiger partial charge on any atom is 0.306 e. The second-order valence-electron chi connectivity index (χ2n) is 5.76. The fourth-order valence-electron chi connectivity index (χ4n) is 0.983. The van der Waals surface area contributed by atoms with Gasteiger partial charge in [-0.1, -0.05) is 20.8 Å². The molecule has 0 bridgehead atoms. The second kappa shape index (κ2) is 4.77. The molecule has 0 aromatic carbocycles. The minimum Gasteiger partial charge on any atom is -0.460 e. The Bertz CT molecular complexity index is 241. The van der Waals surface area contributed by atoms with Crippen molar-refractivity contribution in [2.24, 2.45) is 5.41 Å². The molecule has 0 atom stereocenters. The molecule has 0 aliphatic rings. The number of hydrogen-bond donors (Lipinski definition) is 0. The summed E-state index contributed by atoms with van der Waals surface area (Å²) in [5, 5.41) is 0. The zero-order valence-electron chi connectivity index (χ0n) is 10.6. The molecule has 0 rings (SSSR count). The molecule has 0 unspecified atom stereocenters. The molecular formula is C12H22O3. The summed E-state index contributed by atoms with van der Waals surface area (Å²) in [7, 11) is 0. The minimum atomic E-state index is -0.470. The van der Waals surface area contributed by atoms with Crippen molar-refractivity contribution in [1.82, 2.24) is 0 Å². The van der Waals surface area contributed by atoms with Crippen molar-refractivity contribution >= 4 is 11.8 Å². The summed E-state index contributed by atoms with van der Waals surface area (Å²) < 4.78 is 5.11. The maximum atomic E-state index is 11.5. The topological polar surface area (TPSA) is 43.4 Å². The summed E-state index contributed by atoms with van der Waals surface area (Å²) >= 11 is 0. The van der Waals surface area contributed by atoms with E-state index in [1.165, 1.54) is 0 Å². The average molecular weight is 214 g/mol. The predicted octanol–water partition coefficient (Wildman–Crippen LogP) is 2.72. The third kappa shape index (κ3) is 7.11. The molecule has 0 saturated heterocycles. The van der Waals surface area contributed by atoms with Gasteiger partial charge in [0.1, 0.15) is 11.4 Å². The van der Waals surface area contributed by atoms with Gasteiger partial charge < -0.3 is 4.74 Å². The molecule has 15 heavy (non-hydrogen) atoms. The zero-order valence-corrected chi connectivity index (χ0v) is 10.6. The minimum absolute atomic E-state index is 0.0911. The van der Waals surface area contributed by atoms with Gasteiger partial charge in [0.25, 0.3) is 0 Å². The molecule has 0 aliphatic carbocycles. The van der Waals surface area contributed by atoms with Crippen LogP contribution >= 0.6 is 0 Å². The third-order valence-electron chi connectivity index (χ3n) is 1.81. The number of carbonyl (C=O) groups is 2. The van der Waals surface area contributed by atoms with E-state index in [1.54, 1.807) is 0 Å². The third-order valence-corrected chi connectivity index (χ3v) is 1.81. The molecule has 0 saturated carbocycles. The quantitative estimate of drug-likeness (QED) is 0.678. The lowest BCUT2D eigenvalue weighted by molar-refractivity contribution is -0.155. The molecule has 3 nitrogen and oxygen atoms in total. The van der Waals surface area contributed by atoms with E-state index in [4.69, 9.17) is 4.74 Å². The monoisotopic (exact) mass is 214 g/mol. The standard InChI is InChI=1S/C12H22O3/c1-11(2,3)9(13)7-8-10(14)15-12(4,5)6/h7-8H2,1-6H3. The van der Waals surface area contributed by atoms with Gasteiger partial charge in [0.05, 0.1) is 6.42 Å². The fraction of sp³-hybridized carbons (Fsp3) is 0.833. The Morgan fingerprint density at radius 3 is 1.73 bits per heavy atom. The van der Waals surface area contributed by atoms with Gasteiger partial charge in [-0.2, -0.15) is 0 Å². The number of esters is 1. The summed E-state index contributed by atoms with van der Waals surface area (Å²) in [6.45, 7) is 11.0. The van der Waals surface area contributed by atoms with Crippen molar-refractivity contribution in [3.8, 4) is 0 Å². The van der Waals surface area contributed by atoms with Crippen LogP contribution in [0.5, 0.6) is 0 Å². The number of Topliss-reactive ketones (excluding diaryl/α,β-unsaturated/α-hetero) is 1. The van der Waals surface area contributed by atoms with E-state index in [1.807, 2.05) is 41.5 Å². The molecule has 88 valence electrons. The Labute approximate surface area is 92.2 Å². The van der Waals surface area contributed by atoms with E-state index in [-0.39, 0.29) is 30.0 Å².